The van der Waals surface area contributed by atoms with E-state index in [0.717, 1.165) is 12.6 Å². The van der Waals surface area contributed by atoms with Crippen LogP contribution in [0, 0.1) is 0 Å². The fourth-order valence-electron chi connectivity index (χ4n) is 2.35. The maximum atomic E-state index is 2.65. The lowest BCUT2D eigenvalue weighted by Gasteiger charge is -2.21. The van der Waals surface area contributed by atoms with Crippen molar-refractivity contribution in [2.45, 2.75) is 31.8 Å². The van der Waals surface area contributed by atoms with Gasteiger partial charge in [-0.3, -0.25) is 4.90 Å². The Morgan fingerprint density at radius 2 is 1.89 bits per heavy atom. The predicted octanol–water partition coefficient (Wildman–Crippen LogP) is 3.96. The van der Waals surface area contributed by atoms with E-state index in [9.17, 15) is 0 Å². The summed E-state index contributed by atoms with van der Waals surface area (Å²) in [5.41, 5.74) is 1.45. The third-order valence-electron chi connectivity index (χ3n) is 3.53. The zero-order valence-electron chi connectivity index (χ0n) is 10.6. The van der Waals surface area contributed by atoms with E-state index in [1.54, 1.807) is 0 Å². The predicted molar refractivity (Wildman–Crippen MR) is 77.9 cm³/mol. The van der Waals surface area contributed by atoms with Gasteiger partial charge in [0, 0.05) is 24.0 Å². The summed E-state index contributed by atoms with van der Waals surface area (Å²) >= 11 is 1.88. The van der Waals surface area contributed by atoms with Crippen molar-refractivity contribution in [3.63, 3.8) is 0 Å². The van der Waals surface area contributed by atoms with Crippen LogP contribution in [0.25, 0.3) is 0 Å². The Morgan fingerprint density at radius 1 is 1.06 bits per heavy atom. The molecule has 1 aromatic carbocycles. The highest BCUT2D eigenvalue weighted by Crippen LogP contribution is 2.29. The molecule has 0 aliphatic heterocycles. The molecule has 2 aromatic rings. The van der Waals surface area contributed by atoms with Gasteiger partial charge >= 0.3 is 0 Å². The summed E-state index contributed by atoms with van der Waals surface area (Å²) in [6.07, 6.45) is 3.95. The Bertz CT molecular complexity index is 459. The second-order valence-electron chi connectivity index (χ2n) is 5.02. The molecule has 1 fully saturated rings. The number of nitrogens with zero attached hydrogens (tertiary/aromatic N) is 1. The normalized spacial score (nSPS) is 15.2. The monoisotopic (exact) mass is 257 g/mol. The van der Waals surface area contributed by atoms with Gasteiger partial charge in [0.25, 0.3) is 0 Å². The van der Waals surface area contributed by atoms with Crippen LogP contribution in [0.5, 0.6) is 0 Å². The zero-order valence-corrected chi connectivity index (χ0v) is 11.4. The van der Waals surface area contributed by atoms with Gasteiger partial charge in [0.2, 0.25) is 0 Å². The zero-order chi connectivity index (χ0) is 12.2. The van der Waals surface area contributed by atoms with Gasteiger partial charge in [-0.1, -0.05) is 36.4 Å². The molecule has 1 aliphatic carbocycles. The van der Waals surface area contributed by atoms with Crippen LogP contribution in [0.4, 0.5) is 0 Å². The largest absolute Gasteiger partial charge is 0.295 e. The molecule has 1 aromatic heterocycles. The Kier molecular flexibility index (Phi) is 3.77. The van der Waals surface area contributed by atoms with Crippen molar-refractivity contribution in [3.05, 3.63) is 58.3 Å². The lowest BCUT2D eigenvalue weighted by molar-refractivity contribution is 0.260. The molecule has 2 heteroatoms. The third-order valence-corrected chi connectivity index (χ3v) is 4.39. The van der Waals surface area contributed by atoms with E-state index < -0.39 is 0 Å². The summed E-state index contributed by atoms with van der Waals surface area (Å²) in [6, 6.07) is 16.1. The van der Waals surface area contributed by atoms with Crippen molar-refractivity contribution in [2.24, 2.45) is 0 Å². The van der Waals surface area contributed by atoms with Gasteiger partial charge < -0.3 is 0 Å². The van der Waals surface area contributed by atoms with Crippen LogP contribution >= 0.6 is 11.3 Å². The molecular weight excluding hydrogens is 238 g/mol. The topological polar surface area (TPSA) is 3.24 Å². The van der Waals surface area contributed by atoms with Gasteiger partial charge in [-0.25, -0.2) is 0 Å². The average molecular weight is 257 g/mol. The van der Waals surface area contributed by atoms with Crippen molar-refractivity contribution >= 4 is 11.3 Å². The van der Waals surface area contributed by atoms with Gasteiger partial charge in [0.15, 0.2) is 0 Å². The standard InChI is InChI=1S/C16H19NS/c1-2-5-14(6-3-1)10-11-17(15-8-9-15)13-16-7-4-12-18-16/h1-7,12,15H,8-11,13H2. The highest BCUT2D eigenvalue weighted by atomic mass is 32.1. The molecule has 0 atom stereocenters. The first-order chi connectivity index (χ1) is 8.92. The molecule has 3 rings (SSSR count). The summed E-state index contributed by atoms with van der Waals surface area (Å²) < 4.78 is 0. The second-order valence-corrected chi connectivity index (χ2v) is 6.05. The SMILES string of the molecule is c1ccc(CCN(Cc2cccs2)C2CC2)cc1. The van der Waals surface area contributed by atoms with E-state index in [1.165, 1.54) is 36.2 Å². The first-order valence-corrected chi connectivity index (χ1v) is 7.60. The molecule has 0 spiro atoms. The summed E-state index contributed by atoms with van der Waals surface area (Å²) in [5, 5.41) is 2.18. The summed E-state index contributed by atoms with van der Waals surface area (Å²) in [5.74, 6) is 0. The molecule has 0 N–H and O–H groups in total. The maximum Gasteiger partial charge on any atom is 0.0330 e. The molecule has 1 aliphatic rings. The van der Waals surface area contributed by atoms with Crippen LogP contribution in [0.3, 0.4) is 0 Å². The Hall–Kier alpha value is -1.12. The quantitative estimate of drug-likeness (QED) is 0.757. The average Bonchev–Trinajstić information content (AvgIpc) is 3.13. The summed E-state index contributed by atoms with van der Waals surface area (Å²) in [7, 11) is 0. The van der Waals surface area contributed by atoms with Crippen LogP contribution in [-0.2, 0) is 13.0 Å². The van der Waals surface area contributed by atoms with Crippen LogP contribution in [0.2, 0.25) is 0 Å². The lowest BCUT2D eigenvalue weighted by Crippen LogP contribution is -2.27. The van der Waals surface area contributed by atoms with Crippen molar-refractivity contribution < 1.29 is 0 Å². The van der Waals surface area contributed by atoms with Gasteiger partial charge in [-0.15, -0.1) is 11.3 Å². The number of hydrogen-bond acceptors (Lipinski definition) is 2. The summed E-state index contributed by atoms with van der Waals surface area (Å²) in [6.45, 7) is 2.32. The Labute approximate surface area is 113 Å². The van der Waals surface area contributed by atoms with E-state index in [4.69, 9.17) is 0 Å². The molecular formula is C16H19NS. The minimum absolute atomic E-state index is 0.843. The molecule has 1 nitrogen and oxygen atoms in total. The van der Waals surface area contributed by atoms with E-state index in [1.807, 2.05) is 11.3 Å². The first-order valence-electron chi connectivity index (χ1n) is 6.72. The molecule has 0 amide bonds. The van der Waals surface area contributed by atoms with Crippen molar-refractivity contribution in [3.8, 4) is 0 Å². The fraction of sp³-hybridized carbons (Fsp3) is 0.375. The fourth-order valence-corrected chi connectivity index (χ4v) is 3.08. The van der Waals surface area contributed by atoms with E-state index >= 15 is 0 Å². The van der Waals surface area contributed by atoms with Crippen molar-refractivity contribution in [1.29, 1.82) is 0 Å². The van der Waals surface area contributed by atoms with E-state index in [-0.39, 0.29) is 0 Å². The van der Waals surface area contributed by atoms with Crippen molar-refractivity contribution in [1.82, 2.24) is 4.90 Å². The van der Waals surface area contributed by atoms with Crippen LogP contribution in [-0.4, -0.2) is 17.5 Å². The first kappa shape index (κ1) is 11.9. The summed E-state index contributed by atoms with van der Waals surface area (Å²) in [4.78, 5) is 4.15. The molecule has 0 radical (unpaired) electrons. The smallest absolute Gasteiger partial charge is 0.0330 e. The second kappa shape index (κ2) is 5.68. The van der Waals surface area contributed by atoms with Crippen LogP contribution < -0.4 is 0 Å². The molecule has 18 heavy (non-hydrogen) atoms. The van der Waals surface area contributed by atoms with Gasteiger partial charge in [0.1, 0.15) is 0 Å². The molecule has 1 heterocycles. The number of rotatable bonds is 6. The molecule has 0 saturated heterocycles. The molecule has 0 unspecified atom stereocenters. The van der Waals surface area contributed by atoms with E-state index in [0.29, 0.717) is 0 Å². The number of thiophene rings is 1. The van der Waals surface area contributed by atoms with Crippen LogP contribution in [0.1, 0.15) is 23.3 Å². The lowest BCUT2D eigenvalue weighted by atomic mass is 10.1. The minimum Gasteiger partial charge on any atom is -0.295 e. The highest BCUT2D eigenvalue weighted by molar-refractivity contribution is 7.09. The van der Waals surface area contributed by atoms with Gasteiger partial charge in [-0.05, 0) is 36.3 Å². The molecule has 1 saturated carbocycles. The Morgan fingerprint density at radius 3 is 2.56 bits per heavy atom. The van der Waals surface area contributed by atoms with E-state index in [2.05, 4.69) is 52.7 Å². The molecule has 94 valence electrons. The van der Waals surface area contributed by atoms with Gasteiger partial charge in [0.05, 0.1) is 0 Å². The highest BCUT2D eigenvalue weighted by Gasteiger charge is 2.28. The number of hydrogen-bond donors (Lipinski definition) is 0. The minimum atomic E-state index is 0.843. The van der Waals surface area contributed by atoms with Gasteiger partial charge in [-0.2, -0.15) is 0 Å². The molecule has 0 bridgehead atoms. The van der Waals surface area contributed by atoms with Crippen LogP contribution in [0.15, 0.2) is 47.8 Å². The van der Waals surface area contributed by atoms with Crippen molar-refractivity contribution in [2.75, 3.05) is 6.54 Å². The third kappa shape index (κ3) is 3.21. The number of benzene rings is 1. The Balaban J connectivity index is 1.57. The maximum absolute atomic E-state index is 2.65.